The van der Waals surface area contributed by atoms with E-state index in [1.807, 2.05) is 24.3 Å². The van der Waals surface area contributed by atoms with Crippen LogP contribution in [0.3, 0.4) is 0 Å². The van der Waals surface area contributed by atoms with Gasteiger partial charge >= 0.3 is 0 Å². The molecule has 2 rings (SSSR count). The van der Waals surface area contributed by atoms with Crippen LogP contribution in [0.4, 0.5) is 0 Å². The predicted molar refractivity (Wildman–Crippen MR) is 71.8 cm³/mol. The molecular formula is C10H10BrNO3S2. The van der Waals surface area contributed by atoms with Crippen molar-refractivity contribution in [3.63, 3.8) is 0 Å². The summed E-state index contributed by atoms with van der Waals surface area (Å²) in [6.45, 7) is -0.204. The maximum Gasteiger partial charge on any atom is 0.251 e. The fraction of sp³-hybridized carbons (Fsp3) is 0.200. The second-order valence-corrected chi connectivity index (χ2v) is 7.13. The quantitative estimate of drug-likeness (QED) is 0.897. The third-order valence-corrected chi connectivity index (χ3v) is 6.65. The number of nitrogens with one attached hydrogen (secondary N) is 1. The first-order valence-electron chi connectivity index (χ1n) is 4.84. The minimum absolute atomic E-state index is 0.0169. The highest BCUT2D eigenvalue weighted by molar-refractivity contribution is 9.10. The Balaban J connectivity index is 2.52. The Bertz CT molecular complexity index is 636. The van der Waals surface area contributed by atoms with Gasteiger partial charge in [0.2, 0.25) is 0 Å². The molecule has 0 fully saturated rings. The first-order valence-corrected chi connectivity index (χ1v) is 7.93. The summed E-state index contributed by atoms with van der Waals surface area (Å²) in [5, 5.41) is 9.53. The highest BCUT2D eigenvalue weighted by Gasteiger charge is 2.21. The van der Waals surface area contributed by atoms with Crippen molar-refractivity contribution in [1.29, 1.82) is 0 Å². The van der Waals surface area contributed by atoms with E-state index >= 15 is 0 Å². The van der Waals surface area contributed by atoms with Gasteiger partial charge in [-0.2, -0.15) is 0 Å². The lowest BCUT2D eigenvalue weighted by molar-refractivity contribution is 0.301. The summed E-state index contributed by atoms with van der Waals surface area (Å²) >= 11 is 4.51. The lowest BCUT2D eigenvalue weighted by atomic mass is 10.3. The van der Waals surface area contributed by atoms with E-state index in [-0.39, 0.29) is 17.4 Å². The van der Waals surface area contributed by atoms with Crippen LogP contribution in [0.1, 0.15) is 0 Å². The smallest absolute Gasteiger partial charge is 0.251 e. The summed E-state index contributed by atoms with van der Waals surface area (Å²) in [6.07, 6.45) is 0. The number of rotatable bonds is 4. The molecule has 0 aliphatic rings. The number of benzene rings is 1. The lowest BCUT2D eigenvalue weighted by Crippen LogP contribution is -2.26. The van der Waals surface area contributed by atoms with Crippen LogP contribution in [0.5, 0.6) is 0 Å². The monoisotopic (exact) mass is 335 g/mol. The molecule has 0 spiro atoms. The average molecular weight is 336 g/mol. The second kappa shape index (κ2) is 5.03. The van der Waals surface area contributed by atoms with E-state index in [1.165, 1.54) is 11.3 Å². The molecule has 0 amide bonds. The predicted octanol–water partition coefficient (Wildman–Crippen LogP) is 1.93. The van der Waals surface area contributed by atoms with Gasteiger partial charge in [-0.3, -0.25) is 0 Å². The number of sulfonamides is 1. The maximum atomic E-state index is 11.9. The fourth-order valence-electron chi connectivity index (χ4n) is 1.41. The first-order chi connectivity index (χ1) is 8.06. The zero-order valence-electron chi connectivity index (χ0n) is 8.68. The maximum absolute atomic E-state index is 11.9. The van der Waals surface area contributed by atoms with Gasteiger partial charge in [-0.25, -0.2) is 13.1 Å². The Morgan fingerprint density at radius 2 is 2.06 bits per heavy atom. The highest BCUT2D eigenvalue weighted by Crippen LogP contribution is 2.38. The molecule has 0 aliphatic heterocycles. The van der Waals surface area contributed by atoms with Crippen molar-refractivity contribution in [1.82, 2.24) is 4.72 Å². The van der Waals surface area contributed by atoms with Crippen LogP contribution in [0.25, 0.3) is 10.1 Å². The van der Waals surface area contributed by atoms with Crippen LogP contribution in [0, 0.1) is 0 Å². The van der Waals surface area contributed by atoms with Crippen LogP contribution in [0.2, 0.25) is 0 Å². The number of fused-ring (bicyclic) bond motifs is 1. The van der Waals surface area contributed by atoms with Crippen LogP contribution in [-0.4, -0.2) is 26.7 Å². The number of aliphatic hydroxyl groups is 1. The van der Waals surface area contributed by atoms with Crippen LogP contribution >= 0.6 is 27.3 Å². The Morgan fingerprint density at radius 1 is 1.35 bits per heavy atom. The largest absolute Gasteiger partial charge is 0.395 e. The van der Waals surface area contributed by atoms with Crippen molar-refractivity contribution in [2.45, 2.75) is 4.21 Å². The standard InChI is InChI=1S/C10H10BrNO3S2/c11-9-7-3-1-2-4-8(7)16-10(9)17(14,15)12-5-6-13/h1-4,12-13H,5-6H2. The number of halogens is 1. The lowest BCUT2D eigenvalue weighted by Gasteiger charge is -2.02. The number of hydrogen-bond donors (Lipinski definition) is 2. The van der Waals surface area contributed by atoms with Gasteiger partial charge < -0.3 is 5.11 Å². The number of hydrogen-bond acceptors (Lipinski definition) is 4. The summed E-state index contributed by atoms with van der Waals surface area (Å²) in [5.74, 6) is 0. The molecule has 1 aromatic heterocycles. The van der Waals surface area contributed by atoms with Gasteiger partial charge in [0.25, 0.3) is 10.0 Å². The molecule has 1 heterocycles. The SMILES string of the molecule is O=S(=O)(NCCO)c1sc2ccccc2c1Br. The van der Waals surface area contributed by atoms with Gasteiger partial charge in [-0.05, 0) is 22.0 Å². The van der Waals surface area contributed by atoms with Crippen LogP contribution < -0.4 is 4.72 Å². The Hall–Kier alpha value is -0.470. The van der Waals surface area contributed by atoms with E-state index in [0.29, 0.717) is 4.47 Å². The third kappa shape index (κ3) is 2.53. The highest BCUT2D eigenvalue weighted by atomic mass is 79.9. The molecule has 0 bridgehead atoms. The molecule has 4 nitrogen and oxygen atoms in total. The van der Waals surface area contributed by atoms with Crippen molar-refractivity contribution >= 4 is 47.4 Å². The summed E-state index contributed by atoms with van der Waals surface area (Å²) in [5.41, 5.74) is 0. The minimum atomic E-state index is -3.55. The van der Waals surface area contributed by atoms with Gasteiger partial charge in [0.05, 0.1) is 11.1 Å². The van der Waals surface area contributed by atoms with Crippen LogP contribution in [0.15, 0.2) is 32.9 Å². The molecule has 0 saturated heterocycles. The summed E-state index contributed by atoms with van der Waals surface area (Å²) in [7, 11) is -3.55. The summed E-state index contributed by atoms with van der Waals surface area (Å²) in [6, 6.07) is 7.46. The van der Waals surface area contributed by atoms with Gasteiger partial charge in [-0.1, -0.05) is 18.2 Å². The Kier molecular flexibility index (Phi) is 3.84. The van der Waals surface area contributed by atoms with Gasteiger partial charge in [0.15, 0.2) is 0 Å². The normalized spacial score (nSPS) is 12.1. The second-order valence-electron chi connectivity index (χ2n) is 3.32. The molecule has 2 N–H and O–H groups in total. The van der Waals surface area contributed by atoms with Gasteiger partial charge in [0, 0.05) is 16.6 Å². The van der Waals surface area contributed by atoms with Crippen LogP contribution in [-0.2, 0) is 10.0 Å². The molecule has 7 heteroatoms. The topological polar surface area (TPSA) is 66.4 Å². The molecule has 0 aliphatic carbocycles. The average Bonchev–Trinajstić information content (AvgIpc) is 2.66. The molecule has 0 saturated carbocycles. The molecule has 0 atom stereocenters. The molecule has 0 unspecified atom stereocenters. The molecule has 1 aromatic carbocycles. The van der Waals surface area contributed by atoms with Crippen molar-refractivity contribution in [2.24, 2.45) is 0 Å². The molecule has 92 valence electrons. The first kappa shape index (κ1) is 13.0. The van der Waals surface area contributed by atoms with E-state index in [9.17, 15) is 8.42 Å². The van der Waals surface area contributed by atoms with Crippen molar-refractivity contribution < 1.29 is 13.5 Å². The zero-order valence-corrected chi connectivity index (χ0v) is 11.9. The molecular weight excluding hydrogens is 326 g/mol. The van der Waals surface area contributed by atoms with Gasteiger partial charge in [0.1, 0.15) is 4.21 Å². The van der Waals surface area contributed by atoms with Gasteiger partial charge in [-0.15, -0.1) is 11.3 Å². The van der Waals surface area contributed by atoms with Crippen molar-refractivity contribution in [3.8, 4) is 0 Å². The van der Waals surface area contributed by atoms with E-state index < -0.39 is 10.0 Å². The number of aliphatic hydroxyl groups excluding tert-OH is 1. The third-order valence-electron chi connectivity index (χ3n) is 2.15. The summed E-state index contributed by atoms with van der Waals surface area (Å²) in [4.78, 5) is 0. The van der Waals surface area contributed by atoms with E-state index in [2.05, 4.69) is 20.7 Å². The number of thiophene rings is 1. The fourth-order valence-corrected chi connectivity index (χ4v) is 5.32. The minimum Gasteiger partial charge on any atom is -0.395 e. The van der Waals surface area contributed by atoms with E-state index in [4.69, 9.17) is 5.11 Å². The molecule has 17 heavy (non-hydrogen) atoms. The Labute approximate surface area is 111 Å². The summed E-state index contributed by atoms with van der Waals surface area (Å²) < 4.78 is 27.9. The van der Waals surface area contributed by atoms with E-state index in [1.54, 1.807) is 0 Å². The van der Waals surface area contributed by atoms with Crippen molar-refractivity contribution in [3.05, 3.63) is 28.7 Å². The van der Waals surface area contributed by atoms with Crippen molar-refractivity contribution in [2.75, 3.05) is 13.2 Å². The molecule has 0 radical (unpaired) electrons. The van der Waals surface area contributed by atoms with E-state index in [0.717, 1.165) is 10.1 Å². The Morgan fingerprint density at radius 3 is 2.71 bits per heavy atom. The molecule has 2 aromatic rings. The zero-order chi connectivity index (χ0) is 12.5.